The Morgan fingerprint density at radius 1 is 1.07 bits per heavy atom. The van der Waals surface area contributed by atoms with E-state index < -0.39 is 0 Å². The molecule has 5 heteroatoms. The third-order valence-electron chi connectivity index (χ3n) is 5.94. The Labute approximate surface area is 177 Å². The van der Waals surface area contributed by atoms with Crippen LogP contribution >= 0.6 is 0 Å². The van der Waals surface area contributed by atoms with Crippen molar-refractivity contribution in [3.05, 3.63) is 88.7 Å². The van der Waals surface area contributed by atoms with Crippen LogP contribution in [0.1, 0.15) is 51.9 Å². The second-order valence-electron chi connectivity index (χ2n) is 8.59. The maximum Gasteiger partial charge on any atom is 0.277 e. The average molecular weight is 399 g/mol. The molecular weight excluding hydrogens is 372 g/mol. The van der Waals surface area contributed by atoms with Crippen molar-refractivity contribution in [3.8, 4) is 0 Å². The number of rotatable bonds is 5. The summed E-state index contributed by atoms with van der Waals surface area (Å²) in [5.74, 6) is 0.506. The Kier molecular flexibility index (Phi) is 4.74. The van der Waals surface area contributed by atoms with Gasteiger partial charge in [-0.15, -0.1) is 0 Å². The summed E-state index contributed by atoms with van der Waals surface area (Å²) in [6.07, 6.45) is 6.69. The highest BCUT2D eigenvalue weighted by Gasteiger charge is 2.42. The number of amides is 1. The van der Waals surface area contributed by atoms with E-state index in [4.69, 9.17) is 5.10 Å². The molecule has 1 aliphatic heterocycles. The lowest BCUT2D eigenvalue weighted by Crippen LogP contribution is -2.34. The molecule has 1 atom stereocenters. The average Bonchev–Trinajstić information content (AvgIpc) is 3.30. The van der Waals surface area contributed by atoms with Crippen molar-refractivity contribution in [2.75, 3.05) is 0 Å². The molecular formula is C25H26N4O. The number of benzene rings is 2. The minimum atomic E-state index is -0.0504. The van der Waals surface area contributed by atoms with Crippen molar-refractivity contribution in [2.24, 2.45) is 11.0 Å². The van der Waals surface area contributed by atoms with E-state index in [2.05, 4.69) is 49.3 Å². The summed E-state index contributed by atoms with van der Waals surface area (Å²) in [6, 6.07) is 16.8. The lowest BCUT2D eigenvalue weighted by molar-refractivity contribution is 0.0694. The van der Waals surface area contributed by atoms with E-state index in [0.717, 1.165) is 23.3 Å². The molecule has 1 saturated carbocycles. The Morgan fingerprint density at radius 2 is 1.80 bits per heavy atom. The van der Waals surface area contributed by atoms with Gasteiger partial charge in [0.15, 0.2) is 0 Å². The van der Waals surface area contributed by atoms with Crippen LogP contribution < -0.4 is 0 Å². The van der Waals surface area contributed by atoms with Crippen molar-refractivity contribution in [2.45, 2.75) is 45.7 Å². The van der Waals surface area contributed by atoms with Crippen molar-refractivity contribution in [1.29, 1.82) is 0 Å². The quantitative estimate of drug-likeness (QED) is 0.632. The molecule has 0 saturated heterocycles. The molecule has 0 radical (unpaired) electrons. The number of hydrogen-bond acceptors (Lipinski definition) is 3. The SMILES string of the molecule is Cc1cc(C)cc(C2=NN(C(=O)c3cnn(Cc4ccccc4)c3)C(C3CC3)C2)c1. The van der Waals surface area contributed by atoms with E-state index in [1.165, 1.54) is 24.0 Å². The van der Waals surface area contributed by atoms with Gasteiger partial charge < -0.3 is 0 Å². The first-order valence-electron chi connectivity index (χ1n) is 10.6. The van der Waals surface area contributed by atoms with Crippen LogP contribution in [0.2, 0.25) is 0 Å². The molecule has 0 spiro atoms. The van der Waals surface area contributed by atoms with Crippen LogP contribution in [-0.2, 0) is 6.54 Å². The number of aryl methyl sites for hydroxylation is 2. The van der Waals surface area contributed by atoms with Gasteiger partial charge >= 0.3 is 0 Å². The molecule has 1 aliphatic carbocycles. The Balaban J connectivity index is 1.40. The van der Waals surface area contributed by atoms with Gasteiger partial charge in [-0.3, -0.25) is 9.48 Å². The normalized spacial score (nSPS) is 18.5. The minimum absolute atomic E-state index is 0.0504. The summed E-state index contributed by atoms with van der Waals surface area (Å²) in [5, 5.41) is 11.0. The third kappa shape index (κ3) is 3.80. The first-order chi connectivity index (χ1) is 14.6. The fourth-order valence-electron chi connectivity index (χ4n) is 4.35. The van der Waals surface area contributed by atoms with E-state index in [1.807, 2.05) is 29.1 Å². The zero-order chi connectivity index (χ0) is 20.7. The first-order valence-corrected chi connectivity index (χ1v) is 10.6. The lowest BCUT2D eigenvalue weighted by atomic mass is 9.98. The number of hydrogen-bond donors (Lipinski definition) is 0. The van der Waals surface area contributed by atoms with Gasteiger partial charge in [-0.25, -0.2) is 5.01 Å². The molecule has 1 fully saturated rings. The Bertz CT molecular complexity index is 1090. The summed E-state index contributed by atoms with van der Waals surface area (Å²) < 4.78 is 1.82. The fraction of sp³-hybridized carbons (Fsp3) is 0.320. The van der Waals surface area contributed by atoms with Gasteiger partial charge in [-0.2, -0.15) is 10.2 Å². The predicted octanol–water partition coefficient (Wildman–Crippen LogP) is 4.58. The van der Waals surface area contributed by atoms with Gasteiger partial charge in [-0.05, 0) is 43.7 Å². The molecule has 5 rings (SSSR count). The Hall–Kier alpha value is -3.21. The molecule has 3 aromatic rings. The second-order valence-corrected chi connectivity index (χ2v) is 8.59. The van der Waals surface area contributed by atoms with Gasteiger partial charge in [0.1, 0.15) is 0 Å². The molecule has 30 heavy (non-hydrogen) atoms. The fourth-order valence-corrected chi connectivity index (χ4v) is 4.35. The molecule has 2 aliphatic rings. The molecule has 5 nitrogen and oxygen atoms in total. The van der Waals surface area contributed by atoms with Crippen LogP contribution in [0.5, 0.6) is 0 Å². The first kappa shape index (κ1) is 18.8. The monoisotopic (exact) mass is 398 g/mol. The van der Waals surface area contributed by atoms with E-state index in [1.54, 1.807) is 11.2 Å². The summed E-state index contributed by atoms with van der Waals surface area (Å²) in [5.41, 5.74) is 6.36. The second kappa shape index (κ2) is 7.56. The van der Waals surface area contributed by atoms with Gasteiger partial charge in [0.2, 0.25) is 0 Å². The topological polar surface area (TPSA) is 50.5 Å². The standard InChI is InChI=1S/C25H26N4O/c1-17-10-18(2)12-21(11-17)23-13-24(20-8-9-20)29(27-23)25(30)22-14-26-28(16-22)15-19-6-4-3-5-7-19/h3-7,10-12,14,16,20,24H,8-9,13,15H2,1-2H3. The van der Waals surface area contributed by atoms with Gasteiger partial charge in [0, 0.05) is 12.6 Å². The van der Waals surface area contributed by atoms with Crippen LogP contribution in [0.4, 0.5) is 0 Å². The number of aromatic nitrogens is 2. The predicted molar refractivity (Wildman–Crippen MR) is 118 cm³/mol. The molecule has 1 aromatic heterocycles. The molecule has 1 amide bonds. The zero-order valence-electron chi connectivity index (χ0n) is 17.5. The zero-order valence-corrected chi connectivity index (χ0v) is 17.5. The maximum atomic E-state index is 13.3. The molecule has 0 N–H and O–H groups in total. The lowest BCUT2D eigenvalue weighted by Gasteiger charge is -2.20. The van der Waals surface area contributed by atoms with Crippen LogP contribution in [0.3, 0.4) is 0 Å². The highest BCUT2D eigenvalue weighted by atomic mass is 16.2. The number of hydrazone groups is 1. The largest absolute Gasteiger partial charge is 0.277 e. The van der Waals surface area contributed by atoms with Crippen molar-refractivity contribution in [3.63, 3.8) is 0 Å². The molecule has 1 unspecified atom stereocenters. The Morgan fingerprint density at radius 3 is 2.50 bits per heavy atom. The summed E-state index contributed by atoms with van der Waals surface area (Å²) in [7, 11) is 0. The highest BCUT2D eigenvalue weighted by molar-refractivity contribution is 6.05. The molecule has 0 bridgehead atoms. The van der Waals surface area contributed by atoms with E-state index >= 15 is 0 Å². The number of carbonyl (C=O) groups is 1. The van der Waals surface area contributed by atoms with Gasteiger partial charge in [0.25, 0.3) is 5.91 Å². The van der Waals surface area contributed by atoms with E-state index in [0.29, 0.717) is 18.0 Å². The smallest absolute Gasteiger partial charge is 0.268 e. The highest BCUT2D eigenvalue weighted by Crippen LogP contribution is 2.40. The summed E-state index contributed by atoms with van der Waals surface area (Å²) >= 11 is 0. The van der Waals surface area contributed by atoms with Gasteiger partial charge in [0.05, 0.1) is 30.1 Å². The maximum absolute atomic E-state index is 13.3. The van der Waals surface area contributed by atoms with Crippen molar-refractivity contribution < 1.29 is 4.79 Å². The molecule has 2 aromatic carbocycles. The molecule has 2 heterocycles. The van der Waals surface area contributed by atoms with Crippen molar-refractivity contribution in [1.82, 2.24) is 14.8 Å². The van der Waals surface area contributed by atoms with Crippen LogP contribution in [0, 0.1) is 19.8 Å². The number of nitrogens with zero attached hydrogens (tertiary/aromatic N) is 4. The third-order valence-corrected chi connectivity index (χ3v) is 5.94. The number of carbonyl (C=O) groups excluding carboxylic acids is 1. The van der Waals surface area contributed by atoms with Gasteiger partial charge in [-0.1, -0.05) is 59.7 Å². The van der Waals surface area contributed by atoms with E-state index in [9.17, 15) is 4.79 Å². The molecule has 152 valence electrons. The van der Waals surface area contributed by atoms with Crippen molar-refractivity contribution >= 4 is 11.6 Å². The van der Waals surface area contributed by atoms with Crippen LogP contribution in [0.15, 0.2) is 66.0 Å². The minimum Gasteiger partial charge on any atom is -0.268 e. The summed E-state index contributed by atoms with van der Waals surface area (Å²) in [4.78, 5) is 13.3. The summed E-state index contributed by atoms with van der Waals surface area (Å²) in [6.45, 7) is 4.86. The van der Waals surface area contributed by atoms with E-state index in [-0.39, 0.29) is 11.9 Å². The van der Waals surface area contributed by atoms with Crippen LogP contribution in [0.25, 0.3) is 0 Å². The van der Waals surface area contributed by atoms with Crippen LogP contribution in [-0.4, -0.2) is 32.5 Å².